The van der Waals surface area contributed by atoms with Crippen molar-refractivity contribution in [3.05, 3.63) is 78.1 Å². The average molecular weight is 616 g/mol. The summed E-state index contributed by atoms with van der Waals surface area (Å²) in [5, 5.41) is 3.73. The van der Waals surface area contributed by atoms with Crippen molar-refractivity contribution in [3.8, 4) is 0 Å². The third kappa shape index (κ3) is 7.58. The minimum atomic E-state index is -1.07. The zero-order valence-corrected chi connectivity index (χ0v) is 26.2. The fraction of sp³-hybridized carbons (Fsp3) is 0.469. The number of nitrogens with one attached hydrogen (secondary N) is 2. The molecule has 0 saturated heterocycles. The Hall–Kier alpha value is -2.41. The molecule has 0 saturated carbocycles. The van der Waals surface area contributed by atoms with Crippen LogP contribution in [0.15, 0.2) is 67.0 Å². The van der Waals surface area contributed by atoms with Gasteiger partial charge in [-0.3, -0.25) is 0 Å². The Kier molecular flexibility index (Phi) is 11.0. The molecule has 200 valence electrons. The molecule has 0 bridgehead atoms. The molecule has 0 unspecified atom stereocenters. The van der Waals surface area contributed by atoms with E-state index in [9.17, 15) is 0 Å². The number of unbranched alkanes of at least 4 members (excludes halogenated alkanes) is 3. The van der Waals surface area contributed by atoms with E-state index in [1.165, 1.54) is 68.9 Å². The van der Waals surface area contributed by atoms with Gasteiger partial charge in [-0.2, -0.15) is 0 Å². The van der Waals surface area contributed by atoms with E-state index in [0.29, 0.717) is 3.43 Å². The fourth-order valence-corrected chi connectivity index (χ4v) is 10.2. The molecule has 6 heteroatoms. The number of aromatic nitrogens is 4. The summed E-state index contributed by atoms with van der Waals surface area (Å²) in [4.78, 5) is 18.1. The number of aromatic amines is 1. The summed E-state index contributed by atoms with van der Waals surface area (Å²) in [7, 11) is 0. The molecule has 2 heterocycles. The summed E-state index contributed by atoms with van der Waals surface area (Å²) in [5.41, 5.74) is 4.31. The molecule has 4 rings (SSSR count). The van der Waals surface area contributed by atoms with Gasteiger partial charge in [-0.15, -0.1) is 0 Å². The van der Waals surface area contributed by atoms with Gasteiger partial charge in [0.1, 0.15) is 0 Å². The molecule has 0 aliphatic rings. The second-order valence-corrected chi connectivity index (χ2v) is 15.5. The van der Waals surface area contributed by atoms with E-state index in [1.54, 1.807) is 6.33 Å². The van der Waals surface area contributed by atoms with Gasteiger partial charge < -0.3 is 0 Å². The van der Waals surface area contributed by atoms with Gasteiger partial charge in [0.25, 0.3) is 0 Å². The predicted molar refractivity (Wildman–Crippen MR) is 162 cm³/mol. The van der Waals surface area contributed by atoms with Gasteiger partial charge in [0.15, 0.2) is 0 Å². The second kappa shape index (κ2) is 14.7. The zero-order chi connectivity index (χ0) is 26.6. The first-order chi connectivity index (χ1) is 18.7. The Labute approximate surface area is 238 Å². The molecular formula is C32H43N5Sn. The predicted octanol–water partition coefficient (Wildman–Crippen LogP) is 7.66. The summed E-state index contributed by atoms with van der Waals surface area (Å²) in [5.74, 6) is 1.13. The van der Waals surface area contributed by atoms with Crippen LogP contribution in [0.1, 0.15) is 95.6 Å². The summed E-state index contributed by atoms with van der Waals surface area (Å²) in [6.07, 6.45) is 13.4. The van der Waals surface area contributed by atoms with Crippen molar-refractivity contribution >= 4 is 42.0 Å². The third-order valence-corrected chi connectivity index (χ3v) is 12.5. The van der Waals surface area contributed by atoms with Crippen molar-refractivity contribution in [1.82, 2.24) is 19.9 Å². The number of anilines is 1. The molecule has 0 aliphatic heterocycles. The number of hydrogen-bond donors (Lipinski definition) is 2. The van der Waals surface area contributed by atoms with Crippen LogP contribution in [0.25, 0.3) is 11.2 Å². The molecule has 0 fully saturated rings. The van der Waals surface area contributed by atoms with Crippen molar-refractivity contribution in [2.75, 3.05) is 11.9 Å². The molecule has 0 amide bonds. The van der Waals surface area contributed by atoms with Crippen molar-refractivity contribution in [3.63, 3.8) is 0 Å². The fourth-order valence-electron chi connectivity index (χ4n) is 5.36. The van der Waals surface area contributed by atoms with Crippen LogP contribution in [-0.4, -0.2) is 47.6 Å². The number of fused-ring (bicyclic) bond motifs is 1. The van der Waals surface area contributed by atoms with E-state index in [4.69, 9.17) is 9.97 Å². The van der Waals surface area contributed by atoms with Crippen molar-refractivity contribution in [2.24, 2.45) is 0 Å². The van der Waals surface area contributed by atoms with Gasteiger partial charge >= 0.3 is 240 Å². The molecule has 38 heavy (non-hydrogen) atoms. The molecule has 2 radical (unpaired) electrons. The molecule has 5 nitrogen and oxygen atoms in total. The second-order valence-electron chi connectivity index (χ2n) is 10.5. The van der Waals surface area contributed by atoms with Crippen LogP contribution in [-0.2, 0) is 0 Å². The van der Waals surface area contributed by atoms with E-state index in [1.807, 2.05) is 0 Å². The molecule has 2 N–H and O–H groups in total. The Bertz CT molecular complexity index is 1160. The van der Waals surface area contributed by atoms with E-state index in [-0.39, 0.29) is 5.92 Å². The van der Waals surface area contributed by atoms with Gasteiger partial charge in [-0.1, -0.05) is 0 Å². The normalized spacial score (nSPS) is 11.9. The Balaban J connectivity index is 1.63. The van der Waals surface area contributed by atoms with Gasteiger partial charge in [0, 0.05) is 0 Å². The van der Waals surface area contributed by atoms with Crippen molar-refractivity contribution < 1.29 is 0 Å². The summed E-state index contributed by atoms with van der Waals surface area (Å²) in [6.45, 7) is 7.72. The number of nitrogens with zero attached hydrogens (tertiary/aromatic N) is 3. The van der Waals surface area contributed by atoms with Gasteiger partial charge in [0.2, 0.25) is 0 Å². The molecule has 2 aromatic carbocycles. The van der Waals surface area contributed by atoms with Crippen LogP contribution in [0.5, 0.6) is 0 Å². The van der Waals surface area contributed by atoms with Crippen LogP contribution in [0.2, 0.25) is 3.43 Å². The molecular weight excluding hydrogens is 573 g/mol. The van der Waals surface area contributed by atoms with E-state index in [0.717, 1.165) is 27.4 Å². The molecule has 0 atom stereocenters. The third-order valence-electron chi connectivity index (χ3n) is 7.57. The van der Waals surface area contributed by atoms with Gasteiger partial charge in [0.05, 0.1) is 0 Å². The average Bonchev–Trinajstić information content (AvgIpc) is 3.44. The van der Waals surface area contributed by atoms with Crippen LogP contribution >= 0.6 is 0 Å². The maximum absolute atomic E-state index is 5.22. The molecule has 4 aromatic rings. The molecule has 2 aromatic heterocycles. The zero-order valence-electron chi connectivity index (χ0n) is 23.3. The van der Waals surface area contributed by atoms with Crippen LogP contribution in [0.3, 0.4) is 0 Å². The van der Waals surface area contributed by atoms with Gasteiger partial charge in [-0.05, 0) is 0 Å². The van der Waals surface area contributed by atoms with E-state index >= 15 is 0 Å². The van der Waals surface area contributed by atoms with E-state index < -0.39 is 21.1 Å². The first kappa shape index (κ1) is 28.6. The molecule has 0 aliphatic carbocycles. The summed E-state index contributed by atoms with van der Waals surface area (Å²) < 4.78 is 1.53. The minimum absolute atomic E-state index is 0.228. The topological polar surface area (TPSA) is 66.5 Å². The van der Waals surface area contributed by atoms with E-state index in [2.05, 4.69) is 96.7 Å². The number of imidazole rings is 1. The van der Waals surface area contributed by atoms with Gasteiger partial charge in [-0.25, -0.2) is 0 Å². The monoisotopic (exact) mass is 617 g/mol. The Morgan fingerprint density at radius 1 is 0.789 bits per heavy atom. The van der Waals surface area contributed by atoms with Crippen molar-refractivity contribution in [1.29, 1.82) is 0 Å². The number of hydrogen-bond acceptors (Lipinski definition) is 4. The Morgan fingerprint density at radius 2 is 1.34 bits per heavy atom. The number of rotatable bonds is 16. The summed E-state index contributed by atoms with van der Waals surface area (Å²) in [6, 6.07) is 21.5. The SMILES string of the molecule is CCCC[C](CCCC)(CCCC)[Sn][c]1nc(NCC(c2ccccc2)c2ccccc2)c2[nH]cnc2n1. The van der Waals surface area contributed by atoms with Crippen molar-refractivity contribution in [2.45, 2.75) is 87.9 Å². The molecule has 0 spiro atoms. The number of H-pyrrole nitrogens is 1. The first-order valence-corrected chi connectivity index (χ1v) is 17.4. The summed E-state index contributed by atoms with van der Waals surface area (Å²) >= 11 is -1.07. The van der Waals surface area contributed by atoms with Crippen LogP contribution < -0.4 is 9.16 Å². The number of benzene rings is 2. The maximum atomic E-state index is 5.22. The van der Waals surface area contributed by atoms with Crippen LogP contribution in [0.4, 0.5) is 5.82 Å². The standard InChI is InChI=1S/C19H16N5.C13H27.Sn/c1-3-7-14(8-4-1)16(15-9-5-2-6-10-15)11-20-18-17-19(22-12-21-17)24-13-23-18;1-4-7-10-13(11-8-5-2)12-9-6-3;/h1-10,12,16H,11H2,(H2,20,21,22,23,24);4-12H2,1-3H3;. The quantitative estimate of drug-likeness (QED) is 0.127. The van der Waals surface area contributed by atoms with Crippen LogP contribution in [0, 0.1) is 0 Å². The Morgan fingerprint density at radius 3 is 1.87 bits per heavy atom. The first-order valence-electron chi connectivity index (χ1n) is 14.5.